The molecule has 0 aliphatic heterocycles. The molecule has 5 nitrogen and oxygen atoms in total. The number of halogens is 1. The maximum Gasteiger partial charge on any atom is 0.250 e. The van der Waals surface area contributed by atoms with Gasteiger partial charge in [0.15, 0.2) is 5.96 Å². The molecule has 1 aromatic heterocycles. The number of guanidine groups is 1. The molecule has 2 N–H and O–H groups in total. The zero-order valence-corrected chi connectivity index (χ0v) is 18.6. The van der Waals surface area contributed by atoms with Crippen LogP contribution in [-0.4, -0.2) is 24.1 Å². The molecule has 0 bridgehead atoms. The minimum atomic E-state index is 0. The number of rotatable bonds is 9. The van der Waals surface area contributed by atoms with E-state index in [4.69, 9.17) is 0 Å². The number of aromatic nitrogens is 1. The molecule has 6 heteroatoms. The fourth-order valence-corrected chi connectivity index (χ4v) is 2.72. The summed E-state index contributed by atoms with van der Waals surface area (Å²) in [6, 6.07) is 13.5. The van der Waals surface area contributed by atoms with E-state index in [-0.39, 0.29) is 29.5 Å². The van der Waals surface area contributed by atoms with Gasteiger partial charge in [-0.05, 0) is 23.6 Å². The number of aliphatic imine (C=N–C) groups is 1. The number of hydrogen-bond acceptors (Lipinski definition) is 2. The largest absolute Gasteiger partial charge is 0.356 e. The molecule has 1 heterocycles. The average molecular weight is 482 g/mol. The summed E-state index contributed by atoms with van der Waals surface area (Å²) >= 11 is 0. The predicted molar refractivity (Wildman–Crippen MR) is 124 cm³/mol. The van der Waals surface area contributed by atoms with E-state index < -0.39 is 0 Å². The molecule has 2 aromatic rings. The minimum absolute atomic E-state index is 0. The van der Waals surface area contributed by atoms with Gasteiger partial charge in [-0.15, -0.1) is 24.0 Å². The van der Waals surface area contributed by atoms with Crippen LogP contribution in [0.4, 0.5) is 0 Å². The van der Waals surface area contributed by atoms with Gasteiger partial charge in [-0.2, -0.15) is 0 Å². The summed E-state index contributed by atoms with van der Waals surface area (Å²) < 4.78 is 1.71. The van der Waals surface area contributed by atoms with Crippen molar-refractivity contribution in [1.82, 2.24) is 15.2 Å². The smallest absolute Gasteiger partial charge is 0.250 e. The molecule has 148 valence electrons. The highest BCUT2D eigenvalue weighted by Gasteiger charge is 2.00. The Kier molecular flexibility index (Phi) is 11.5. The van der Waals surface area contributed by atoms with Crippen LogP contribution in [-0.2, 0) is 13.1 Å². The van der Waals surface area contributed by atoms with Crippen LogP contribution in [0.5, 0.6) is 0 Å². The van der Waals surface area contributed by atoms with Gasteiger partial charge in [0.25, 0.3) is 5.56 Å². The molecule has 2 rings (SSSR count). The van der Waals surface area contributed by atoms with Crippen molar-refractivity contribution in [3.05, 3.63) is 70.1 Å². The molecule has 1 aromatic carbocycles. The van der Waals surface area contributed by atoms with Crippen LogP contribution in [0.3, 0.4) is 0 Å². The Morgan fingerprint density at radius 1 is 1.00 bits per heavy atom. The van der Waals surface area contributed by atoms with E-state index in [2.05, 4.69) is 46.8 Å². The molecule has 0 amide bonds. The molecule has 0 spiro atoms. The highest BCUT2D eigenvalue weighted by atomic mass is 127. The van der Waals surface area contributed by atoms with E-state index >= 15 is 0 Å². The summed E-state index contributed by atoms with van der Waals surface area (Å²) in [5.41, 5.74) is 2.32. The van der Waals surface area contributed by atoms with Gasteiger partial charge in [0.1, 0.15) is 0 Å². The first-order valence-corrected chi connectivity index (χ1v) is 9.40. The third kappa shape index (κ3) is 8.60. The quantitative estimate of drug-likeness (QED) is 0.248. The Hall–Kier alpha value is -1.83. The average Bonchev–Trinajstić information content (AvgIpc) is 2.67. The zero-order chi connectivity index (χ0) is 18.6. The molecule has 27 heavy (non-hydrogen) atoms. The first kappa shape index (κ1) is 23.2. The Morgan fingerprint density at radius 3 is 2.41 bits per heavy atom. The van der Waals surface area contributed by atoms with Gasteiger partial charge in [0, 0.05) is 32.4 Å². The lowest BCUT2D eigenvalue weighted by Crippen LogP contribution is -2.37. The second-order valence-electron chi connectivity index (χ2n) is 6.40. The van der Waals surface area contributed by atoms with E-state index in [9.17, 15) is 4.79 Å². The van der Waals surface area contributed by atoms with Crippen molar-refractivity contribution >= 4 is 29.9 Å². The maximum atomic E-state index is 11.8. The molecule has 0 aliphatic carbocycles. The van der Waals surface area contributed by atoms with Crippen molar-refractivity contribution in [2.75, 3.05) is 13.6 Å². The molecule has 0 aliphatic rings. The van der Waals surface area contributed by atoms with Gasteiger partial charge in [0.2, 0.25) is 0 Å². The third-order valence-electron chi connectivity index (χ3n) is 4.28. The lowest BCUT2D eigenvalue weighted by Gasteiger charge is -2.12. The summed E-state index contributed by atoms with van der Waals surface area (Å²) in [7, 11) is 1.79. The number of nitrogens with zero attached hydrogens (tertiary/aromatic N) is 2. The molecule has 0 atom stereocenters. The molecule has 0 unspecified atom stereocenters. The molecule has 0 saturated carbocycles. The number of pyridine rings is 1. The first-order valence-electron chi connectivity index (χ1n) is 9.40. The Bertz CT molecular complexity index is 740. The van der Waals surface area contributed by atoms with E-state index in [1.165, 1.54) is 31.2 Å². The Balaban J connectivity index is 0.00000364. The van der Waals surface area contributed by atoms with Crippen molar-refractivity contribution in [1.29, 1.82) is 0 Å². The van der Waals surface area contributed by atoms with Gasteiger partial charge in [-0.1, -0.05) is 56.5 Å². The van der Waals surface area contributed by atoms with Gasteiger partial charge < -0.3 is 15.2 Å². The molecule has 0 radical (unpaired) electrons. The van der Waals surface area contributed by atoms with Crippen LogP contribution in [0.15, 0.2) is 58.4 Å². The lowest BCUT2D eigenvalue weighted by atomic mass is 10.1. The first-order chi connectivity index (χ1) is 12.7. The second kappa shape index (κ2) is 13.4. The fourth-order valence-electron chi connectivity index (χ4n) is 2.72. The molecule has 0 saturated heterocycles. The normalized spacial score (nSPS) is 11.0. The van der Waals surface area contributed by atoms with E-state index in [1.54, 1.807) is 23.7 Å². The number of nitrogens with one attached hydrogen (secondary N) is 2. The second-order valence-corrected chi connectivity index (χ2v) is 6.40. The Labute approximate surface area is 179 Å². The van der Waals surface area contributed by atoms with Crippen molar-refractivity contribution in [3.8, 4) is 0 Å². The predicted octanol–water partition coefficient (Wildman–Crippen LogP) is 3.76. The van der Waals surface area contributed by atoms with Crippen LogP contribution < -0.4 is 16.2 Å². The maximum absolute atomic E-state index is 11.8. The van der Waals surface area contributed by atoms with E-state index in [0.29, 0.717) is 6.54 Å². The third-order valence-corrected chi connectivity index (χ3v) is 4.28. The van der Waals surface area contributed by atoms with Gasteiger partial charge in [-0.3, -0.25) is 9.79 Å². The summed E-state index contributed by atoms with van der Waals surface area (Å²) in [4.78, 5) is 16.0. The number of benzene rings is 1. The van der Waals surface area contributed by atoms with Crippen LogP contribution in [0.1, 0.15) is 43.7 Å². The van der Waals surface area contributed by atoms with E-state index in [1.807, 2.05) is 12.3 Å². The fraction of sp³-hybridized carbons (Fsp3) is 0.429. The van der Waals surface area contributed by atoms with Crippen LogP contribution in [0.25, 0.3) is 0 Å². The molecular weight excluding hydrogens is 451 g/mol. The van der Waals surface area contributed by atoms with Crippen molar-refractivity contribution in [3.63, 3.8) is 0 Å². The van der Waals surface area contributed by atoms with E-state index in [0.717, 1.165) is 24.6 Å². The van der Waals surface area contributed by atoms with Crippen molar-refractivity contribution in [2.45, 2.75) is 45.7 Å². The summed E-state index contributed by atoms with van der Waals surface area (Å²) in [5.74, 6) is 0.835. The van der Waals surface area contributed by atoms with Crippen molar-refractivity contribution < 1.29 is 0 Å². The number of unbranched alkanes of at least 4 members (excludes halogenated alkanes) is 3. The molecular formula is C21H31IN4O. The minimum Gasteiger partial charge on any atom is -0.356 e. The monoisotopic (exact) mass is 482 g/mol. The topological polar surface area (TPSA) is 58.4 Å². The van der Waals surface area contributed by atoms with Crippen molar-refractivity contribution in [2.24, 2.45) is 4.99 Å². The highest BCUT2D eigenvalue weighted by molar-refractivity contribution is 14.0. The summed E-state index contributed by atoms with van der Waals surface area (Å²) in [5, 5.41) is 6.69. The number of hydrogen-bond donors (Lipinski definition) is 2. The van der Waals surface area contributed by atoms with Crippen LogP contribution in [0.2, 0.25) is 0 Å². The standard InChI is InChI=1S/C21H30N4O.HI/c1-3-4-5-7-14-23-21(22-2)24-16-18-10-12-19(13-11-18)17-25-15-8-6-9-20(25)26;/h6,8-13,15H,3-5,7,14,16-17H2,1-2H3,(H2,22,23,24);1H. The van der Waals surface area contributed by atoms with Gasteiger partial charge in [-0.25, -0.2) is 0 Å². The zero-order valence-electron chi connectivity index (χ0n) is 16.3. The van der Waals surface area contributed by atoms with Crippen LogP contribution in [0, 0.1) is 0 Å². The highest BCUT2D eigenvalue weighted by Crippen LogP contribution is 2.05. The Morgan fingerprint density at radius 2 is 1.74 bits per heavy atom. The SMILES string of the molecule is CCCCCCNC(=NC)NCc1ccc(Cn2ccccc2=O)cc1.I. The van der Waals surface area contributed by atoms with Gasteiger partial charge in [0.05, 0.1) is 6.54 Å². The summed E-state index contributed by atoms with van der Waals surface area (Å²) in [6.07, 6.45) is 6.78. The summed E-state index contributed by atoms with van der Waals surface area (Å²) in [6.45, 7) is 4.48. The lowest BCUT2D eigenvalue weighted by molar-refractivity contribution is 0.647. The molecule has 0 fully saturated rings. The van der Waals surface area contributed by atoms with Gasteiger partial charge >= 0.3 is 0 Å². The van der Waals surface area contributed by atoms with Crippen LogP contribution >= 0.6 is 24.0 Å².